The highest BCUT2D eigenvalue weighted by atomic mass is 19.4. The third-order valence-corrected chi connectivity index (χ3v) is 1.97. The van der Waals surface area contributed by atoms with Crippen molar-refractivity contribution in [3.05, 3.63) is 33.8 Å². The molecule has 0 N–H and O–H groups in total. The van der Waals surface area contributed by atoms with Gasteiger partial charge in [-0.1, -0.05) is 5.11 Å². The van der Waals surface area contributed by atoms with Crippen LogP contribution in [0.3, 0.4) is 0 Å². The number of halogens is 3. The zero-order valence-electron chi connectivity index (χ0n) is 8.90. The summed E-state index contributed by atoms with van der Waals surface area (Å²) in [7, 11) is 1.12. The first-order valence-corrected chi connectivity index (χ1v) is 4.60. The number of alkyl halides is 3. The molecular formula is C9H9F3N4O. The highest BCUT2D eigenvalue weighted by Crippen LogP contribution is 2.35. The number of azide groups is 1. The molecule has 0 bridgehead atoms. The zero-order chi connectivity index (χ0) is 12.9. The molecule has 0 amide bonds. The molecule has 0 saturated heterocycles. The maximum absolute atomic E-state index is 12.6. The summed E-state index contributed by atoms with van der Waals surface area (Å²) in [6, 6.07) is 0.943. The molecular weight excluding hydrogens is 237 g/mol. The fourth-order valence-corrected chi connectivity index (χ4v) is 1.22. The molecule has 17 heavy (non-hydrogen) atoms. The van der Waals surface area contributed by atoms with Crippen molar-refractivity contribution in [2.75, 3.05) is 13.7 Å². The third-order valence-electron chi connectivity index (χ3n) is 1.97. The molecule has 8 heteroatoms. The van der Waals surface area contributed by atoms with E-state index in [1.54, 1.807) is 0 Å². The molecule has 92 valence electrons. The lowest BCUT2D eigenvalue weighted by molar-refractivity contribution is -0.139. The molecule has 0 aliphatic rings. The number of aromatic nitrogens is 1. The summed E-state index contributed by atoms with van der Waals surface area (Å²) < 4.78 is 42.3. The summed E-state index contributed by atoms with van der Waals surface area (Å²) in [4.78, 5) is 6.08. The van der Waals surface area contributed by atoms with Gasteiger partial charge in [0.2, 0.25) is 5.88 Å². The number of hydrogen-bond acceptors (Lipinski definition) is 3. The van der Waals surface area contributed by atoms with Crippen LogP contribution in [0.1, 0.15) is 11.1 Å². The second kappa shape index (κ2) is 5.40. The number of methoxy groups -OCH3 is 1. The SMILES string of the molecule is COc1ncc(CCN=[N+]=[N-])cc1C(F)(F)F. The Morgan fingerprint density at radius 2 is 2.24 bits per heavy atom. The summed E-state index contributed by atoms with van der Waals surface area (Å²) in [5.41, 5.74) is 7.46. The van der Waals surface area contributed by atoms with Gasteiger partial charge in [0.15, 0.2) is 0 Å². The van der Waals surface area contributed by atoms with E-state index in [0.29, 0.717) is 5.56 Å². The summed E-state index contributed by atoms with van der Waals surface area (Å²) >= 11 is 0. The molecule has 0 aliphatic heterocycles. The van der Waals surface area contributed by atoms with Crippen molar-refractivity contribution in [1.29, 1.82) is 0 Å². The third kappa shape index (κ3) is 3.53. The molecule has 1 aromatic heterocycles. The van der Waals surface area contributed by atoms with E-state index >= 15 is 0 Å². The number of nitrogens with zero attached hydrogens (tertiary/aromatic N) is 4. The maximum atomic E-state index is 12.6. The fraction of sp³-hybridized carbons (Fsp3) is 0.444. The average Bonchev–Trinajstić information content (AvgIpc) is 2.28. The van der Waals surface area contributed by atoms with E-state index in [9.17, 15) is 13.2 Å². The van der Waals surface area contributed by atoms with Gasteiger partial charge in [0.05, 0.1) is 7.11 Å². The Labute approximate surface area is 94.9 Å². The van der Waals surface area contributed by atoms with Crippen LogP contribution in [0, 0.1) is 0 Å². The maximum Gasteiger partial charge on any atom is 0.421 e. The predicted octanol–water partition coefficient (Wildman–Crippen LogP) is 2.96. The van der Waals surface area contributed by atoms with Crippen LogP contribution in [0.4, 0.5) is 13.2 Å². The van der Waals surface area contributed by atoms with Gasteiger partial charge in [0.25, 0.3) is 0 Å². The van der Waals surface area contributed by atoms with E-state index in [2.05, 4.69) is 19.7 Å². The van der Waals surface area contributed by atoms with E-state index in [0.717, 1.165) is 13.2 Å². The molecule has 0 unspecified atom stereocenters. The molecule has 0 fully saturated rings. The van der Waals surface area contributed by atoms with E-state index < -0.39 is 17.6 Å². The molecule has 0 atom stereocenters. The van der Waals surface area contributed by atoms with E-state index in [-0.39, 0.29) is 13.0 Å². The molecule has 1 rings (SSSR count). The van der Waals surface area contributed by atoms with Crippen molar-refractivity contribution >= 4 is 0 Å². The number of rotatable bonds is 4. The van der Waals surface area contributed by atoms with E-state index in [1.807, 2.05) is 0 Å². The van der Waals surface area contributed by atoms with Crippen molar-refractivity contribution in [2.24, 2.45) is 5.11 Å². The Hall–Kier alpha value is -1.95. The standard InChI is InChI=1S/C9H9F3N4O/c1-17-8-7(9(10,11)12)4-6(5-14-8)2-3-15-16-13/h4-5H,2-3H2,1H3. The molecule has 0 aliphatic carbocycles. The van der Waals surface area contributed by atoms with Crippen LogP contribution in [0.5, 0.6) is 5.88 Å². The first kappa shape index (κ1) is 13.1. The topological polar surface area (TPSA) is 70.9 Å². The van der Waals surface area contributed by atoms with Gasteiger partial charge < -0.3 is 4.74 Å². The second-order valence-electron chi connectivity index (χ2n) is 3.10. The van der Waals surface area contributed by atoms with Gasteiger partial charge in [-0.15, -0.1) is 0 Å². The molecule has 0 radical (unpaired) electrons. The molecule has 1 heterocycles. The minimum absolute atomic E-state index is 0.0851. The van der Waals surface area contributed by atoms with Crippen molar-refractivity contribution < 1.29 is 17.9 Å². The minimum atomic E-state index is -4.52. The Morgan fingerprint density at radius 1 is 1.53 bits per heavy atom. The Balaban J connectivity index is 3.00. The van der Waals surface area contributed by atoms with E-state index in [1.165, 1.54) is 6.20 Å². The van der Waals surface area contributed by atoms with Crippen LogP contribution < -0.4 is 4.74 Å². The highest BCUT2D eigenvalue weighted by molar-refractivity contribution is 5.32. The molecule has 0 spiro atoms. The summed E-state index contributed by atoms with van der Waals surface area (Å²) in [6.07, 6.45) is -3.06. The van der Waals surface area contributed by atoms with Gasteiger partial charge in [0, 0.05) is 17.7 Å². The Morgan fingerprint density at radius 3 is 2.76 bits per heavy atom. The minimum Gasteiger partial charge on any atom is -0.481 e. The number of pyridine rings is 1. The highest BCUT2D eigenvalue weighted by Gasteiger charge is 2.35. The van der Waals surface area contributed by atoms with Crippen LogP contribution in [-0.2, 0) is 12.6 Å². The van der Waals surface area contributed by atoms with E-state index in [4.69, 9.17) is 5.53 Å². The van der Waals surface area contributed by atoms with Gasteiger partial charge >= 0.3 is 6.18 Å². The quantitative estimate of drug-likeness (QED) is 0.465. The van der Waals surface area contributed by atoms with Crippen molar-refractivity contribution in [3.8, 4) is 5.88 Å². The first-order chi connectivity index (χ1) is 7.99. The van der Waals surface area contributed by atoms with Gasteiger partial charge in [-0.25, -0.2) is 4.98 Å². The fourth-order valence-electron chi connectivity index (χ4n) is 1.22. The van der Waals surface area contributed by atoms with Gasteiger partial charge in [-0.05, 0) is 23.6 Å². The lowest BCUT2D eigenvalue weighted by atomic mass is 10.1. The summed E-state index contributed by atoms with van der Waals surface area (Å²) in [5.74, 6) is -0.468. The van der Waals surface area contributed by atoms with Gasteiger partial charge in [0.1, 0.15) is 5.56 Å². The average molecular weight is 246 g/mol. The summed E-state index contributed by atoms with van der Waals surface area (Å²) in [6.45, 7) is 0.0851. The molecule has 1 aromatic rings. The predicted molar refractivity (Wildman–Crippen MR) is 53.5 cm³/mol. The molecule has 0 aromatic carbocycles. The van der Waals surface area contributed by atoms with Gasteiger partial charge in [-0.2, -0.15) is 13.2 Å². The Kier molecular flexibility index (Phi) is 4.17. The van der Waals surface area contributed by atoms with Crippen LogP contribution in [-0.4, -0.2) is 18.6 Å². The van der Waals surface area contributed by atoms with Crippen LogP contribution in [0.25, 0.3) is 10.4 Å². The zero-order valence-corrected chi connectivity index (χ0v) is 8.90. The van der Waals surface area contributed by atoms with Crippen molar-refractivity contribution in [3.63, 3.8) is 0 Å². The monoisotopic (exact) mass is 246 g/mol. The van der Waals surface area contributed by atoms with Gasteiger partial charge in [-0.3, -0.25) is 0 Å². The van der Waals surface area contributed by atoms with Crippen LogP contribution in [0.2, 0.25) is 0 Å². The lowest BCUT2D eigenvalue weighted by Crippen LogP contribution is -2.10. The Bertz CT molecular complexity index is 440. The second-order valence-corrected chi connectivity index (χ2v) is 3.10. The normalized spacial score (nSPS) is 10.8. The largest absolute Gasteiger partial charge is 0.481 e. The number of ether oxygens (including phenoxy) is 1. The summed E-state index contributed by atoms with van der Waals surface area (Å²) in [5, 5.41) is 3.24. The number of hydrogen-bond donors (Lipinski definition) is 0. The first-order valence-electron chi connectivity index (χ1n) is 4.60. The van der Waals surface area contributed by atoms with Crippen LogP contribution in [0.15, 0.2) is 17.4 Å². The lowest BCUT2D eigenvalue weighted by Gasteiger charge is -2.11. The molecule has 0 saturated carbocycles. The van der Waals surface area contributed by atoms with Crippen LogP contribution >= 0.6 is 0 Å². The smallest absolute Gasteiger partial charge is 0.421 e. The van der Waals surface area contributed by atoms with Crippen molar-refractivity contribution in [1.82, 2.24) is 4.98 Å². The molecule has 5 nitrogen and oxygen atoms in total. The van der Waals surface area contributed by atoms with Crippen molar-refractivity contribution in [2.45, 2.75) is 12.6 Å².